The summed E-state index contributed by atoms with van der Waals surface area (Å²) in [5, 5.41) is 11.8. The Morgan fingerprint density at radius 3 is 2.44 bits per heavy atom. The molecule has 3 amide bonds. The second-order valence-electron chi connectivity index (χ2n) is 14.9. The zero-order valence-corrected chi connectivity index (χ0v) is 33.9. The highest BCUT2D eigenvalue weighted by molar-refractivity contribution is 7.14. The molecule has 1 saturated carbocycles. The van der Waals surface area contributed by atoms with Gasteiger partial charge in [-0.15, -0.1) is 0 Å². The largest absolute Gasteiger partial charge is 0.496 e. The molecule has 290 valence electrons. The average Bonchev–Trinajstić information content (AvgIpc) is 3.84. The Morgan fingerprint density at radius 2 is 1.78 bits per heavy atom. The lowest BCUT2D eigenvalue weighted by Crippen LogP contribution is -2.65. The third-order valence-electron chi connectivity index (χ3n) is 9.98. The van der Waals surface area contributed by atoms with Gasteiger partial charge in [-0.3, -0.25) is 9.69 Å². The molecule has 2 aromatic carbocycles. The Morgan fingerprint density at radius 1 is 1.06 bits per heavy atom. The summed E-state index contributed by atoms with van der Waals surface area (Å²) < 4.78 is 23.1. The quantitative estimate of drug-likeness (QED) is 0.191. The molecule has 0 spiro atoms. The number of halogens is 2. The number of methoxy groups -OCH3 is 1. The third-order valence-corrected chi connectivity index (χ3v) is 11.7. The number of rotatable bonds is 11. The molecule has 1 N–H and O–H groups in total. The predicted octanol–water partition coefficient (Wildman–Crippen LogP) is 8.16. The fourth-order valence-corrected chi connectivity index (χ4v) is 8.53. The summed E-state index contributed by atoms with van der Waals surface area (Å²) >= 11 is 14.2. The minimum Gasteiger partial charge on any atom is -0.496 e. The Hall–Kier alpha value is -4.20. The van der Waals surface area contributed by atoms with Crippen molar-refractivity contribution in [3.05, 3.63) is 73.2 Å². The molecule has 2 atom stereocenters. The minimum atomic E-state index is -1.16. The zero-order chi connectivity index (χ0) is 39.1. The van der Waals surface area contributed by atoms with Crippen molar-refractivity contribution in [2.75, 3.05) is 33.4 Å². The Kier molecular flexibility index (Phi) is 11.6. The van der Waals surface area contributed by atoms with Gasteiger partial charge in [-0.25, -0.2) is 14.6 Å². The van der Waals surface area contributed by atoms with Crippen LogP contribution in [0.4, 0.5) is 9.59 Å². The zero-order valence-electron chi connectivity index (χ0n) is 31.5. The topological polar surface area (TPSA) is 131 Å². The van der Waals surface area contributed by atoms with Crippen LogP contribution < -0.4 is 14.2 Å². The molecule has 1 saturated heterocycles. The first-order valence-electron chi connectivity index (χ1n) is 17.9. The first-order valence-corrected chi connectivity index (χ1v) is 19.5. The van der Waals surface area contributed by atoms with E-state index in [9.17, 15) is 14.7 Å². The standard InChI is InChI=1S/C39H46Cl2N4O8S/c1-21-15-28(40)34(33(41)22(21)2)51-13-14-52-36-42-17-31(54-36)27-16-26-19-43(38(49)53-39(4,5)6)20-29(45(26)37(47)48)32(27)35(46)44(25-11-12-25)18-24-9-8-10-30(50-7)23(24)3/h8-10,15,17,25-26,29H,11-14,16,18-20H2,1-7H3,(H,47,48)/t26?,29-/m1/s1. The molecule has 6 rings (SSSR count). The van der Waals surface area contributed by atoms with Crippen molar-refractivity contribution in [1.29, 1.82) is 0 Å². The van der Waals surface area contributed by atoms with E-state index in [2.05, 4.69) is 4.98 Å². The number of aromatic nitrogens is 1. The molecule has 3 aliphatic rings. The van der Waals surface area contributed by atoms with Gasteiger partial charge in [-0.1, -0.05) is 46.7 Å². The van der Waals surface area contributed by atoms with Gasteiger partial charge in [0.15, 0.2) is 5.75 Å². The van der Waals surface area contributed by atoms with Crippen LogP contribution in [0.3, 0.4) is 0 Å². The van der Waals surface area contributed by atoms with Gasteiger partial charge in [-0.05, 0) is 101 Å². The number of benzene rings is 2. The van der Waals surface area contributed by atoms with Gasteiger partial charge in [0, 0.05) is 37.4 Å². The maximum absolute atomic E-state index is 15.1. The molecular formula is C39H46Cl2N4O8S. The van der Waals surface area contributed by atoms with Crippen LogP contribution in [-0.4, -0.2) is 100 Å². The maximum atomic E-state index is 15.1. The maximum Gasteiger partial charge on any atom is 0.410 e. The van der Waals surface area contributed by atoms with Crippen LogP contribution in [0.5, 0.6) is 16.7 Å². The lowest BCUT2D eigenvalue weighted by atomic mass is 9.83. The number of ether oxygens (including phenoxy) is 4. The summed E-state index contributed by atoms with van der Waals surface area (Å²) in [6.07, 6.45) is 1.80. The van der Waals surface area contributed by atoms with E-state index in [1.807, 2.05) is 43.9 Å². The molecule has 2 aliphatic heterocycles. The number of aryl methyl sites for hydroxylation is 1. The Labute approximate surface area is 329 Å². The van der Waals surface area contributed by atoms with Crippen molar-refractivity contribution >= 4 is 58.2 Å². The SMILES string of the molecule is COc1cccc(CN(C(=O)C2=C(c3cnc(OCCOc4c(Cl)cc(C)c(C)c4Cl)s3)CC3CN(C(=O)OC(C)(C)C)C[C@H]2N3C(=O)O)C2CC2)c1C. The number of nitrogens with zero attached hydrogens (tertiary/aromatic N) is 4. The average molecular weight is 802 g/mol. The van der Waals surface area contributed by atoms with Gasteiger partial charge in [0.25, 0.3) is 11.1 Å². The second-order valence-corrected chi connectivity index (χ2v) is 16.7. The van der Waals surface area contributed by atoms with E-state index < -0.39 is 29.9 Å². The first kappa shape index (κ1) is 39.5. The number of piperazine rings is 1. The molecule has 1 aromatic heterocycles. The van der Waals surface area contributed by atoms with Gasteiger partial charge < -0.3 is 33.9 Å². The lowest BCUT2D eigenvalue weighted by Gasteiger charge is -2.50. The number of carbonyl (C=O) groups is 3. The lowest BCUT2D eigenvalue weighted by molar-refractivity contribution is -0.129. The summed E-state index contributed by atoms with van der Waals surface area (Å²) in [6.45, 7) is 11.8. The van der Waals surface area contributed by atoms with Crippen LogP contribution in [0.25, 0.3) is 5.57 Å². The molecule has 1 aliphatic carbocycles. The number of hydrogen-bond donors (Lipinski definition) is 1. The van der Waals surface area contributed by atoms with E-state index in [1.165, 1.54) is 21.1 Å². The van der Waals surface area contributed by atoms with E-state index in [0.29, 0.717) is 43.6 Å². The van der Waals surface area contributed by atoms with E-state index in [4.69, 9.17) is 42.1 Å². The molecule has 12 nitrogen and oxygen atoms in total. The third kappa shape index (κ3) is 8.38. The first-order chi connectivity index (χ1) is 25.6. The number of carbonyl (C=O) groups excluding carboxylic acids is 2. The molecule has 2 fully saturated rings. The smallest absolute Gasteiger partial charge is 0.410 e. The van der Waals surface area contributed by atoms with Crippen LogP contribution in [0.15, 0.2) is 36.0 Å². The van der Waals surface area contributed by atoms with Crippen LogP contribution in [0.2, 0.25) is 10.0 Å². The van der Waals surface area contributed by atoms with Crippen molar-refractivity contribution in [3.8, 4) is 16.7 Å². The monoisotopic (exact) mass is 800 g/mol. The van der Waals surface area contributed by atoms with Gasteiger partial charge in [0.1, 0.15) is 24.6 Å². The van der Waals surface area contributed by atoms with Crippen molar-refractivity contribution in [2.24, 2.45) is 0 Å². The van der Waals surface area contributed by atoms with Gasteiger partial charge in [0.2, 0.25) is 0 Å². The number of thiazole rings is 1. The molecule has 2 bridgehead atoms. The van der Waals surface area contributed by atoms with Crippen LogP contribution in [0, 0.1) is 20.8 Å². The van der Waals surface area contributed by atoms with Crippen molar-refractivity contribution in [3.63, 3.8) is 0 Å². The number of fused-ring (bicyclic) bond motifs is 2. The highest BCUT2D eigenvalue weighted by atomic mass is 35.5. The molecule has 0 radical (unpaired) electrons. The van der Waals surface area contributed by atoms with Crippen molar-refractivity contribution in [2.45, 2.75) is 91.1 Å². The Balaban J connectivity index is 1.33. The van der Waals surface area contributed by atoms with Gasteiger partial charge in [0.05, 0.1) is 34.1 Å². The molecule has 3 aromatic rings. The van der Waals surface area contributed by atoms with E-state index >= 15 is 4.79 Å². The number of hydrogen-bond acceptors (Lipinski definition) is 9. The Bertz CT molecular complexity index is 1970. The summed E-state index contributed by atoms with van der Waals surface area (Å²) in [6, 6.07) is 5.97. The molecule has 54 heavy (non-hydrogen) atoms. The highest BCUT2D eigenvalue weighted by Crippen LogP contribution is 2.44. The summed E-state index contributed by atoms with van der Waals surface area (Å²) in [5.74, 6) is 0.831. The molecule has 1 unspecified atom stereocenters. The fraction of sp³-hybridized carbons (Fsp3) is 0.487. The van der Waals surface area contributed by atoms with Crippen LogP contribution >= 0.6 is 34.5 Å². The summed E-state index contributed by atoms with van der Waals surface area (Å²) in [5.41, 5.74) is 3.96. The molecular weight excluding hydrogens is 755 g/mol. The van der Waals surface area contributed by atoms with Crippen LogP contribution in [-0.2, 0) is 16.1 Å². The summed E-state index contributed by atoms with van der Waals surface area (Å²) in [7, 11) is 1.61. The minimum absolute atomic E-state index is 0.0157. The van der Waals surface area contributed by atoms with E-state index in [1.54, 1.807) is 40.1 Å². The number of carboxylic acid groups (broad SMARTS) is 1. The van der Waals surface area contributed by atoms with Crippen LogP contribution in [0.1, 0.15) is 67.2 Å². The molecule has 15 heteroatoms. The van der Waals surface area contributed by atoms with Crippen molar-refractivity contribution in [1.82, 2.24) is 19.7 Å². The van der Waals surface area contributed by atoms with E-state index in [0.717, 1.165) is 40.8 Å². The molecule has 3 heterocycles. The van der Waals surface area contributed by atoms with Crippen molar-refractivity contribution < 1.29 is 38.4 Å². The fourth-order valence-electron chi connectivity index (χ4n) is 7.00. The number of amides is 3. The second kappa shape index (κ2) is 15.9. The van der Waals surface area contributed by atoms with E-state index in [-0.39, 0.29) is 44.7 Å². The van der Waals surface area contributed by atoms with Gasteiger partial charge >= 0.3 is 12.2 Å². The highest BCUT2D eigenvalue weighted by Gasteiger charge is 2.50. The van der Waals surface area contributed by atoms with Gasteiger partial charge in [-0.2, -0.15) is 0 Å². The summed E-state index contributed by atoms with van der Waals surface area (Å²) in [4.78, 5) is 51.3. The predicted molar refractivity (Wildman–Crippen MR) is 207 cm³/mol. The normalized spacial score (nSPS) is 18.4.